The normalized spacial score (nSPS) is 21.5. The van der Waals surface area contributed by atoms with Gasteiger partial charge in [-0.2, -0.15) is 5.10 Å². The highest BCUT2D eigenvalue weighted by atomic mass is 35.5. The van der Waals surface area contributed by atoms with Gasteiger partial charge in [0.05, 0.1) is 17.3 Å². The first-order valence-corrected chi connectivity index (χ1v) is 9.79. The van der Waals surface area contributed by atoms with Gasteiger partial charge in [0.2, 0.25) is 11.8 Å². The Bertz CT molecular complexity index is 1050. The number of hydrogen-bond donors (Lipinski definition) is 2. The van der Waals surface area contributed by atoms with Gasteiger partial charge in [0.15, 0.2) is 0 Å². The molecule has 29 heavy (non-hydrogen) atoms. The van der Waals surface area contributed by atoms with Crippen LogP contribution in [-0.4, -0.2) is 45.9 Å². The predicted molar refractivity (Wildman–Crippen MR) is 113 cm³/mol. The van der Waals surface area contributed by atoms with E-state index in [4.69, 9.17) is 9.72 Å². The molecule has 0 aliphatic carbocycles. The number of nitrogens with zero attached hydrogens (tertiary/aromatic N) is 3. The second-order valence-corrected chi connectivity index (χ2v) is 7.46. The zero-order valence-electron chi connectivity index (χ0n) is 16.2. The van der Waals surface area contributed by atoms with Crippen LogP contribution in [0.2, 0.25) is 0 Å². The first-order chi connectivity index (χ1) is 13.7. The maximum atomic E-state index is 12.4. The summed E-state index contributed by atoms with van der Waals surface area (Å²) in [6, 6.07) is 11.8. The molecule has 1 amide bonds. The van der Waals surface area contributed by atoms with Gasteiger partial charge in [0, 0.05) is 49.3 Å². The molecule has 2 atom stereocenters. The zero-order valence-corrected chi connectivity index (χ0v) is 17.0. The van der Waals surface area contributed by atoms with E-state index < -0.39 is 0 Å². The van der Waals surface area contributed by atoms with Crippen LogP contribution >= 0.6 is 12.4 Å². The maximum absolute atomic E-state index is 12.4. The van der Waals surface area contributed by atoms with Gasteiger partial charge in [0.25, 0.3) is 0 Å². The molecule has 0 spiro atoms. The molecule has 1 fully saturated rings. The van der Waals surface area contributed by atoms with Gasteiger partial charge in [-0.15, -0.1) is 12.4 Å². The molecule has 0 unspecified atom stereocenters. The van der Waals surface area contributed by atoms with E-state index in [2.05, 4.69) is 21.8 Å². The van der Waals surface area contributed by atoms with Crippen LogP contribution in [0.4, 0.5) is 0 Å². The lowest BCUT2D eigenvalue weighted by Gasteiger charge is -2.13. The van der Waals surface area contributed by atoms with Crippen LogP contribution in [-0.2, 0) is 18.3 Å². The topological polar surface area (TPSA) is 81.1 Å². The fraction of sp³-hybridized carbons (Fsp3) is 0.381. The number of halogens is 1. The molecule has 2 aliphatic heterocycles. The van der Waals surface area contributed by atoms with Crippen molar-refractivity contribution in [2.45, 2.75) is 31.4 Å². The van der Waals surface area contributed by atoms with Crippen molar-refractivity contribution in [3.05, 3.63) is 42.1 Å². The second kappa shape index (κ2) is 8.00. The third-order valence-corrected chi connectivity index (χ3v) is 5.56. The highest BCUT2D eigenvalue weighted by Gasteiger charge is 2.31. The summed E-state index contributed by atoms with van der Waals surface area (Å²) >= 11 is 0. The number of carbonyl (C=O) groups is 1. The number of carbonyl (C=O) groups excluding carboxylic acids is 1. The molecule has 3 aromatic rings. The summed E-state index contributed by atoms with van der Waals surface area (Å²) in [5.41, 5.74) is 4.05. The van der Waals surface area contributed by atoms with Gasteiger partial charge in [-0.05, 0) is 25.0 Å². The van der Waals surface area contributed by atoms with Crippen molar-refractivity contribution in [1.29, 1.82) is 0 Å². The fourth-order valence-electron chi connectivity index (χ4n) is 4.20. The number of rotatable bonds is 0. The molecular weight excluding hydrogens is 390 g/mol. The summed E-state index contributed by atoms with van der Waals surface area (Å²) in [6.45, 7) is 1.29. The molecule has 8 heteroatoms. The second-order valence-electron chi connectivity index (χ2n) is 7.46. The number of benzene rings is 1. The minimum absolute atomic E-state index is 0. The van der Waals surface area contributed by atoms with Crippen molar-refractivity contribution in [2.75, 3.05) is 13.1 Å². The van der Waals surface area contributed by atoms with Gasteiger partial charge < -0.3 is 15.4 Å². The van der Waals surface area contributed by atoms with E-state index in [1.54, 1.807) is 0 Å². The summed E-state index contributed by atoms with van der Waals surface area (Å²) in [7, 11) is 1.97. The first kappa shape index (κ1) is 19.7. The van der Waals surface area contributed by atoms with Crippen molar-refractivity contribution in [1.82, 2.24) is 25.4 Å². The fourth-order valence-corrected chi connectivity index (χ4v) is 4.20. The molecule has 7 nitrogen and oxygen atoms in total. The monoisotopic (exact) mass is 413 g/mol. The molecule has 2 N–H and O–H groups in total. The molecule has 1 aromatic carbocycles. The number of hydrogen-bond acceptors (Lipinski definition) is 5. The van der Waals surface area contributed by atoms with Crippen LogP contribution in [0.3, 0.4) is 0 Å². The third kappa shape index (κ3) is 3.68. The average Bonchev–Trinajstić information content (AvgIpc) is 3.28. The first-order valence-electron chi connectivity index (χ1n) is 9.79. The Morgan fingerprint density at radius 1 is 1.21 bits per heavy atom. The Hall–Kier alpha value is -2.64. The van der Waals surface area contributed by atoms with Crippen molar-refractivity contribution in [3.63, 3.8) is 0 Å². The Labute approximate surface area is 175 Å². The SMILES string of the molecule is Cl.Cn1nc2cccc3c2c1CCCNC(=O)[C@@H]1C[C@@H](CN1)Oc1cccc-3n1. The molecule has 5 rings (SSSR count). The van der Waals surface area contributed by atoms with Crippen LogP contribution in [0, 0.1) is 0 Å². The molecule has 2 aliphatic rings. The van der Waals surface area contributed by atoms with E-state index in [1.807, 2.05) is 42.1 Å². The largest absolute Gasteiger partial charge is 0.473 e. The number of fused-ring (bicyclic) bond motifs is 5. The number of pyridine rings is 1. The molecular formula is C21H24ClN5O2. The molecule has 152 valence electrons. The van der Waals surface area contributed by atoms with Gasteiger partial charge in [-0.3, -0.25) is 9.48 Å². The number of aryl methyl sites for hydroxylation is 2. The number of ether oxygens (including phenoxy) is 1. The van der Waals surface area contributed by atoms with Crippen LogP contribution in [0.15, 0.2) is 36.4 Å². The van der Waals surface area contributed by atoms with E-state index in [-0.39, 0.29) is 30.5 Å². The average molecular weight is 414 g/mol. The standard InChI is InChI=1S/C21H23N5O2.ClH/c1-26-18-8-4-10-22-21(27)17-11-13(12-23-17)28-19-9-3-6-15(24-19)14-5-2-7-16(25-26)20(14)18;/h2-3,5-7,9,13,17,23H,4,8,10-12H2,1H3,(H,22,27);1H/t13-,17-;/m0./s1. The quantitative estimate of drug-likeness (QED) is 0.590. The maximum Gasteiger partial charge on any atom is 0.237 e. The highest BCUT2D eigenvalue weighted by Crippen LogP contribution is 2.31. The van der Waals surface area contributed by atoms with Gasteiger partial charge >= 0.3 is 0 Å². The van der Waals surface area contributed by atoms with Crippen molar-refractivity contribution in [2.24, 2.45) is 7.05 Å². The summed E-state index contributed by atoms with van der Waals surface area (Å²) in [5, 5.41) is 12.1. The minimum atomic E-state index is -0.209. The number of aromatic nitrogens is 3. The minimum Gasteiger partial charge on any atom is -0.473 e. The van der Waals surface area contributed by atoms with Crippen molar-refractivity contribution < 1.29 is 9.53 Å². The molecule has 4 heterocycles. The van der Waals surface area contributed by atoms with Crippen molar-refractivity contribution in [3.8, 4) is 17.1 Å². The Morgan fingerprint density at radius 2 is 2.07 bits per heavy atom. The van der Waals surface area contributed by atoms with Gasteiger partial charge in [-0.25, -0.2) is 4.98 Å². The third-order valence-electron chi connectivity index (χ3n) is 5.56. The summed E-state index contributed by atoms with van der Waals surface area (Å²) in [6.07, 6.45) is 2.28. The van der Waals surface area contributed by atoms with Crippen LogP contribution in [0.25, 0.3) is 22.2 Å². The van der Waals surface area contributed by atoms with Crippen molar-refractivity contribution >= 4 is 29.2 Å². The highest BCUT2D eigenvalue weighted by molar-refractivity contribution is 5.96. The zero-order chi connectivity index (χ0) is 19.1. The van der Waals surface area contributed by atoms with E-state index in [0.29, 0.717) is 25.4 Å². The number of amides is 1. The number of nitrogens with one attached hydrogen (secondary N) is 2. The van der Waals surface area contributed by atoms with Crippen LogP contribution < -0.4 is 15.4 Å². The van der Waals surface area contributed by atoms with E-state index in [9.17, 15) is 4.79 Å². The smallest absolute Gasteiger partial charge is 0.237 e. The summed E-state index contributed by atoms with van der Waals surface area (Å²) in [5.74, 6) is 0.626. The van der Waals surface area contributed by atoms with E-state index in [0.717, 1.165) is 40.7 Å². The van der Waals surface area contributed by atoms with Gasteiger partial charge in [-0.1, -0.05) is 18.2 Å². The van der Waals surface area contributed by atoms with E-state index >= 15 is 0 Å². The molecule has 1 saturated heterocycles. The predicted octanol–water partition coefficient (Wildman–Crippen LogP) is 2.23. The lowest BCUT2D eigenvalue weighted by molar-refractivity contribution is -0.122. The lowest BCUT2D eigenvalue weighted by Crippen LogP contribution is -2.40. The Morgan fingerprint density at radius 3 is 2.97 bits per heavy atom. The van der Waals surface area contributed by atoms with E-state index in [1.165, 1.54) is 0 Å². The van der Waals surface area contributed by atoms with Crippen LogP contribution in [0.1, 0.15) is 18.5 Å². The lowest BCUT2D eigenvalue weighted by atomic mass is 10.0. The molecule has 4 bridgehead atoms. The van der Waals surface area contributed by atoms with Gasteiger partial charge in [0.1, 0.15) is 6.10 Å². The molecule has 0 saturated carbocycles. The Balaban J connectivity index is 0.00000205. The summed E-state index contributed by atoms with van der Waals surface area (Å²) < 4.78 is 8.03. The summed E-state index contributed by atoms with van der Waals surface area (Å²) in [4.78, 5) is 17.2. The Kier molecular flexibility index (Phi) is 5.43. The molecule has 2 aromatic heterocycles. The molecule has 0 radical (unpaired) electrons. The van der Waals surface area contributed by atoms with Crippen LogP contribution in [0.5, 0.6) is 5.88 Å².